The fraction of sp³-hybridized carbons (Fsp3) is 0.898. The van der Waals surface area contributed by atoms with Crippen molar-refractivity contribution in [1.82, 2.24) is 0 Å². The molecule has 8 bridgehead atoms. The van der Waals surface area contributed by atoms with Crippen LogP contribution in [0, 0.1) is 33.5 Å². The molecule has 0 amide bonds. The van der Waals surface area contributed by atoms with E-state index >= 15 is 0 Å². The van der Waals surface area contributed by atoms with Crippen molar-refractivity contribution in [2.75, 3.05) is 6.61 Å². The van der Waals surface area contributed by atoms with Gasteiger partial charge < -0.3 is 92.6 Å². The van der Waals surface area contributed by atoms with Gasteiger partial charge in [-0.1, -0.05) is 58.3 Å². The Labute approximate surface area is 859 Å². The molecule has 0 radical (unpaired) electrons. The predicted octanol–water partition coefficient (Wildman–Crippen LogP) is 23.1. The van der Waals surface area contributed by atoms with Gasteiger partial charge in [0.25, 0.3) is 5.60 Å². The highest BCUT2D eigenvalue weighted by atomic mass is 19.4. The first-order chi connectivity index (χ1) is 64.8. The van der Waals surface area contributed by atoms with E-state index in [0.29, 0.717) is 137 Å². The van der Waals surface area contributed by atoms with Crippen LogP contribution in [0.5, 0.6) is 0 Å². The summed E-state index contributed by atoms with van der Waals surface area (Å²) in [6, 6.07) is 0. The van der Waals surface area contributed by atoms with Gasteiger partial charge in [0.15, 0.2) is 23.4 Å². The molecular formula is C108H173F15O24. The zero-order chi connectivity index (χ0) is 115. The molecule has 39 heteroatoms. The van der Waals surface area contributed by atoms with Crippen LogP contribution in [-0.4, -0.2) is 244 Å². The van der Waals surface area contributed by atoms with Gasteiger partial charge in [-0.3, -0.25) is 4.79 Å². The molecule has 0 aromatic heterocycles. The van der Waals surface area contributed by atoms with Crippen LogP contribution in [0.15, 0.2) is 36.5 Å². The van der Waals surface area contributed by atoms with E-state index < -0.39 is 236 Å². The Hall–Kier alpha value is -5.04. The molecule has 9 unspecified atom stereocenters. The normalized spacial score (nSPS) is 27.7. The molecule has 854 valence electrons. The van der Waals surface area contributed by atoms with Crippen molar-refractivity contribution >= 4 is 29.8 Å². The largest absolute Gasteiger partial charge is 0.459 e. The summed E-state index contributed by atoms with van der Waals surface area (Å²) in [5.74, 6) is -3.57. The Bertz CT molecular complexity index is 4630. The summed E-state index contributed by atoms with van der Waals surface area (Å²) < 4.78 is 284. The number of hydrogen-bond donors (Lipinski definition) is 7. The predicted molar refractivity (Wildman–Crippen MR) is 516 cm³/mol. The molecular weight excluding hydrogens is 1970 g/mol. The van der Waals surface area contributed by atoms with E-state index in [1.165, 1.54) is 34.6 Å². The Morgan fingerprint density at radius 3 is 0.891 bits per heavy atom. The van der Waals surface area contributed by atoms with Gasteiger partial charge in [0.1, 0.15) is 57.0 Å². The van der Waals surface area contributed by atoms with Crippen LogP contribution in [0.2, 0.25) is 0 Å². The minimum atomic E-state index is -6.28. The van der Waals surface area contributed by atoms with Crippen molar-refractivity contribution < 1.29 is 182 Å². The van der Waals surface area contributed by atoms with Crippen molar-refractivity contribution in [2.24, 2.45) is 33.5 Å². The van der Waals surface area contributed by atoms with E-state index in [1.807, 2.05) is 27.7 Å². The number of halogens is 15. The highest BCUT2D eigenvalue weighted by molar-refractivity contribution is 5.89. The summed E-state index contributed by atoms with van der Waals surface area (Å²) in [6.07, 6.45) is -15.8. The Morgan fingerprint density at radius 1 is 0.327 bits per heavy atom. The standard InChI is InChI=1S/C47H77F3O8.C35H57F3O8.C26H39F9O8/c1-32(2)33(51)55-43-29-40(44(20-14-15-21-44)56-36(7,8)34(3,4)52)26-41(30-43,45(22-16-17-23-45)57-37(9,10)35(5,6)53)28-42(27-40,31-43)46(24-18-19-25-46)58-38(11,12)39(13,54)47(48,49)50;1-21(2)25(39)44-34-17-22-14-23(18-34)16-33(15-22,20-34)26(40)43-24(19-27(3,4)45-30(9,10)29(7,8)41)28(5,6)46-31(11,12)32(13,42)35(36,37)38;1-14(2)17(37)40-13-16(36)41-15(19(5,6)43-20(7,8)22(11,38)24(27,28)29)12-18(3,4)42-21(9,10)23(39,25(30,31)32)26(33,34)35/h52-54H,1,14-31H2,2-13H3;22-24,41-42H,1,14-20H2,2-13H3;15,38-39H,1,12-13H2,2-11H3. The van der Waals surface area contributed by atoms with Gasteiger partial charge in [-0.15, -0.1) is 0 Å². The van der Waals surface area contributed by atoms with Crippen molar-refractivity contribution in [3.63, 3.8) is 0 Å². The molecule has 11 saturated carbocycles. The second kappa shape index (κ2) is 40.2. The molecule has 0 heterocycles. The second-order valence-electron chi connectivity index (χ2n) is 53.2. The minimum Gasteiger partial charge on any atom is -0.459 e. The third-order valence-electron chi connectivity index (χ3n) is 35.7. The number of carbonyl (C=O) groups excluding carboxylic acids is 5. The van der Waals surface area contributed by atoms with Crippen LogP contribution in [0.4, 0.5) is 65.9 Å². The average Bonchev–Trinajstić information content (AvgIpc) is 1.63. The first-order valence-electron chi connectivity index (χ1n) is 51.2. The van der Waals surface area contributed by atoms with Crippen molar-refractivity contribution in [1.29, 1.82) is 0 Å². The van der Waals surface area contributed by atoms with Gasteiger partial charge >= 0.3 is 60.7 Å². The molecule has 7 N–H and O–H groups in total. The van der Waals surface area contributed by atoms with Crippen molar-refractivity contribution in [3.05, 3.63) is 36.5 Å². The highest BCUT2D eigenvalue weighted by Crippen LogP contribution is 2.83. The fourth-order valence-electron chi connectivity index (χ4n) is 25.7. The molecule has 0 spiro atoms. The van der Waals surface area contributed by atoms with E-state index in [4.69, 9.17) is 52.1 Å². The topological polar surface area (TPSA) is 338 Å². The van der Waals surface area contributed by atoms with Gasteiger partial charge in [-0.05, 0) is 356 Å². The van der Waals surface area contributed by atoms with Crippen molar-refractivity contribution in [2.45, 2.75) is 574 Å². The molecule has 147 heavy (non-hydrogen) atoms. The van der Waals surface area contributed by atoms with E-state index in [2.05, 4.69) is 24.5 Å². The number of rotatable bonds is 40. The molecule has 0 aliphatic heterocycles. The van der Waals surface area contributed by atoms with Gasteiger partial charge in [-0.2, -0.15) is 65.9 Å². The van der Waals surface area contributed by atoms with Crippen LogP contribution in [0.3, 0.4) is 0 Å². The molecule has 24 nitrogen and oxygen atoms in total. The molecule has 11 rings (SSSR count). The molecule has 9 atom stereocenters. The Kier molecular flexibility index (Phi) is 35.3. The number of esters is 5. The van der Waals surface area contributed by atoms with Crippen LogP contribution in [0.1, 0.15) is 402 Å². The van der Waals surface area contributed by atoms with E-state index in [0.717, 1.165) is 107 Å². The molecule has 0 saturated heterocycles. The number of alkyl halides is 15. The third-order valence-corrected chi connectivity index (χ3v) is 35.7. The summed E-state index contributed by atoms with van der Waals surface area (Å²) in [6.45, 7) is 55.8. The highest BCUT2D eigenvalue weighted by Gasteiger charge is 2.84. The van der Waals surface area contributed by atoms with Crippen LogP contribution >= 0.6 is 0 Å². The quantitative estimate of drug-likeness (QED) is 0.0130. The number of aliphatic hydroxyl groups is 7. The molecule has 11 aliphatic carbocycles. The van der Waals surface area contributed by atoms with E-state index in [-0.39, 0.29) is 35.0 Å². The minimum absolute atomic E-state index is 0.00574. The maximum Gasteiger partial charge on any atom is 0.429 e. The summed E-state index contributed by atoms with van der Waals surface area (Å²) in [7, 11) is 0. The van der Waals surface area contributed by atoms with Gasteiger partial charge in [0.05, 0.1) is 67.0 Å². The summed E-state index contributed by atoms with van der Waals surface area (Å²) in [5.41, 5.74) is -46.4. The third kappa shape index (κ3) is 25.3. The summed E-state index contributed by atoms with van der Waals surface area (Å²) >= 11 is 0. The maximum absolute atomic E-state index is 14.8. The first kappa shape index (κ1) is 129. The van der Waals surface area contributed by atoms with Gasteiger partial charge in [0, 0.05) is 52.2 Å². The second-order valence-corrected chi connectivity index (χ2v) is 53.2. The first-order valence-corrected chi connectivity index (χ1v) is 51.2. The molecule has 0 aromatic rings. The molecule has 11 aliphatic rings. The number of ether oxygens (including phenoxy) is 12. The zero-order valence-electron chi connectivity index (χ0n) is 93.3. The number of hydrogen-bond acceptors (Lipinski definition) is 24. The molecule has 0 aromatic carbocycles. The van der Waals surface area contributed by atoms with Crippen LogP contribution in [0.25, 0.3) is 0 Å². The monoisotopic (exact) mass is 2140 g/mol. The molecule has 11 fully saturated rings. The smallest absolute Gasteiger partial charge is 0.429 e. The Morgan fingerprint density at radius 2 is 0.605 bits per heavy atom. The lowest BCUT2D eigenvalue weighted by Crippen LogP contribution is -2.79. The summed E-state index contributed by atoms with van der Waals surface area (Å²) in [5, 5.41) is 76.2. The van der Waals surface area contributed by atoms with Crippen LogP contribution in [-0.2, 0) is 80.8 Å². The lowest BCUT2D eigenvalue weighted by Gasteiger charge is -2.78. The average molecular weight is 2140 g/mol. The van der Waals surface area contributed by atoms with E-state index in [9.17, 15) is 126 Å². The van der Waals surface area contributed by atoms with Crippen molar-refractivity contribution in [3.8, 4) is 0 Å². The lowest BCUT2D eigenvalue weighted by molar-refractivity contribution is -0.420. The maximum atomic E-state index is 14.8. The van der Waals surface area contributed by atoms with Gasteiger partial charge in [-0.25, -0.2) is 19.2 Å². The Balaban J connectivity index is 0.000000304. The van der Waals surface area contributed by atoms with Crippen LogP contribution < -0.4 is 0 Å². The lowest BCUT2D eigenvalue weighted by atomic mass is 9.30. The summed E-state index contributed by atoms with van der Waals surface area (Å²) in [4.78, 5) is 65.4. The van der Waals surface area contributed by atoms with E-state index in [1.54, 1.807) is 83.1 Å². The van der Waals surface area contributed by atoms with Gasteiger partial charge in [0.2, 0.25) is 0 Å². The number of carbonyl (C=O) groups is 5. The fourth-order valence-corrected chi connectivity index (χ4v) is 25.7. The SMILES string of the molecule is C=C(C)C(=O)OC12CC3(C4(OC(C)(C)C(C)(C)O)CCCC4)CC(C4(OC(C)(C)C(C)(C)O)CCCC4)(C1)CC(C1(OC(C)(C)C(C)(O)C(F)(F)F)CCCC1)(C2)C3.C=C(C)C(=O)OC12CC3CC(C1)CC(C(=O)OC(CC(C)(C)OC(C)(C)C(C)(C)O)C(C)(C)OC(C)(C)C(C)(O)C(F)(F)F)(C3)C2.C=C(C)C(=O)OCC(=O)OC(CC(C)(C)OC(C)(C)C(O)(C(F)(F)F)C(F)(F)F)C(C)(C)OC(C)(C)C(C)(O)C(F)(F)F. The zero-order valence-corrected chi connectivity index (χ0v) is 93.3.